The molecule has 8 nitrogen and oxygen atoms in total. The molecule has 0 aromatic heterocycles. The Kier molecular flexibility index (Phi) is 9.05. The summed E-state index contributed by atoms with van der Waals surface area (Å²) >= 11 is 3.28. The molecule has 0 heterocycles. The van der Waals surface area contributed by atoms with E-state index in [9.17, 15) is 19.8 Å². The summed E-state index contributed by atoms with van der Waals surface area (Å²) in [7, 11) is 8.66. The van der Waals surface area contributed by atoms with Crippen LogP contribution in [-0.2, 0) is 0 Å². The monoisotopic (exact) mass is 490 g/mol. The molecule has 2 aromatic carbocycles. The molecule has 2 radical (unpaired) electrons. The molecule has 0 aliphatic carbocycles. The van der Waals surface area contributed by atoms with Crippen LogP contribution in [0.5, 0.6) is 23.0 Å². The van der Waals surface area contributed by atoms with Crippen molar-refractivity contribution in [3.05, 3.63) is 39.9 Å². The number of phenols is 2. The smallest absolute Gasteiger partial charge is 0.255 e. The van der Waals surface area contributed by atoms with Crippen LogP contribution >= 0.6 is 15.9 Å². The Morgan fingerprint density at radius 1 is 0.871 bits per heavy atom. The zero-order valence-electron chi connectivity index (χ0n) is 17.3. The van der Waals surface area contributed by atoms with E-state index in [1.807, 2.05) is 0 Å². The number of nitrogens with one attached hydrogen (secondary N) is 2. The SMILES string of the molecule is [B]c1cc(C(=O)NCCCCCNC(=O)c2cc(Br)c(OC)cc2O)c(O)cc1OC. The fourth-order valence-corrected chi connectivity index (χ4v) is 3.35. The summed E-state index contributed by atoms with van der Waals surface area (Å²) < 4.78 is 10.6. The average Bonchev–Trinajstić information content (AvgIpc) is 2.75. The van der Waals surface area contributed by atoms with Crippen molar-refractivity contribution in [3.8, 4) is 23.0 Å². The number of ether oxygens (including phenoxy) is 2. The first kappa shape index (κ1) is 24.4. The first-order valence-corrected chi connectivity index (χ1v) is 10.4. The quantitative estimate of drug-likeness (QED) is 0.299. The van der Waals surface area contributed by atoms with E-state index in [0.29, 0.717) is 41.9 Å². The van der Waals surface area contributed by atoms with Gasteiger partial charge < -0.3 is 30.3 Å². The lowest BCUT2D eigenvalue weighted by Crippen LogP contribution is -2.26. The Labute approximate surface area is 190 Å². The normalized spacial score (nSPS) is 10.4. The van der Waals surface area contributed by atoms with Gasteiger partial charge in [-0.25, -0.2) is 0 Å². The summed E-state index contributed by atoms with van der Waals surface area (Å²) in [5, 5.41) is 25.4. The lowest BCUT2D eigenvalue weighted by molar-refractivity contribution is 0.0944. The number of halogens is 1. The molecule has 4 N–H and O–H groups in total. The number of methoxy groups -OCH3 is 2. The molecule has 0 spiro atoms. The van der Waals surface area contributed by atoms with Gasteiger partial charge in [0, 0.05) is 25.2 Å². The van der Waals surface area contributed by atoms with Gasteiger partial charge in [0.2, 0.25) is 0 Å². The van der Waals surface area contributed by atoms with Crippen molar-refractivity contribution in [2.45, 2.75) is 19.3 Å². The zero-order valence-corrected chi connectivity index (χ0v) is 18.9. The molecule has 0 saturated carbocycles. The van der Waals surface area contributed by atoms with Crippen molar-refractivity contribution < 1.29 is 29.3 Å². The van der Waals surface area contributed by atoms with Crippen LogP contribution in [0, 0.1) is 0 Å². The van der Waals surface area contributed by atoms with E-state index in [0.717, 1.165) is 6.42 Å². The van der Waals surface area contributed by atoms with Crippen molar-refractivity contribution in [1.82, 2.24) is 10.6 Å². The van der Waals surface area contributed by atoms with E-state index in [1.165, 1.54) is 38.5 Å². The fourth-order valence-electron chi connectivity index (χ4n) is 2.85. The van der Waals surface area contributed by atoms with Crippen molar-refractivity contribution in [1.29, 1.82) is 0 Å². The number of carbonyl (C=O) groups excluding carboxylic acids is 2. The fraction of sp³-hybridized carbons (Fsp3) is 0.333. The van der Waals surface area contributed by atoms with Gasteiger partial charge in [-0.15, -0.1) is 0 Å². The summed E-state index contributed by atoms with van der Waals surface area (Å²) in [5.41, 5.74) is 0.491. The molecule has 0 saturated heterocycles. The molecule has 31 heavy (non-hydrogen) atoms. The highest BCUT2D eigenvalue weighted by molar-refractivity contribution is 9.10. The molecule has 0 atom stereocenters. The molecule has 0 unspecified atom stereocenters. The molecular weight excluding hydrogens is 467 g/mol. The Morgan fingerprint density at radius 3 is 1.87 bits per heavy atom. The molecule has 2 aromatic rings. The lowest BCUT2D eigenvalue weighted by atomic mass is 9.92. The van der Waals surface area contributed by atoms with Gasteiger partial charge in [0.1, 0.15) is 30.8 Å². The van der Waals surface area contributed by atoms with Crippen molar-refractivity contribution in [2.75, 3.05) is 27.3 Å². The van der Waals surface area contributed by atoms with Crippen molar-refractivity contribution >= 4 is 41.1 Å². The number of hydrogen-bond acceptors (Lipinski definition) is 6. The average molecular weight is 491 g/mol. The van der Waals surface area contributed by atoms with Gasteiger partial charge in [-0.1, -0.05) is 5.46 Å². The Morgan fingerprint density at radius 2 is 1.35 bits per heavy atom. The third-order valence-electron chi connectivity index (χ3n) is 4.53. The Bertz CT molecular complexity index is 878. The number of aromatic hydroxyl groups is 2. The Hall–Kier alpha value is -2.88. The minimum Gasteiger partial charge on any atom is -0.507 e. The molecule has 2 amide bonds. The largest absolute Gasteiger partial charge is 0.507 e. The number of unbranched alkanes of at least 4 members (excludes halogenated alkanes) is 2. The van der Waals surface area contributed by atoms with Crippen LogP contribution in [-0.4, -0.2) is 57.2 Å². The number of phenolic OH excluding ortho intramolecular Hbond substituents is 2. The number of hydrogen-bond donors (Lipinski definition) is 4. The second-order valence-electron chi connectivity index (χ2n) is 6.69. The number of benzene rings is 2. The van der Waals surface area contributed by atoms with E-state index in [2.05, 4.69) is 26.6 Å². The molecule has 10 heteroatoms. The predicted molar refractivity (Wildman–Crippen MR) is 121 cm³/mol. The lowest BCUT2D eigenvalue weighted by Gasteiger charge is -2.11. The predicted octanol–water partition coefficient (Wildman–Crippen LogP) is 2.00. The maximum absolute atomic E-state index is 12.2. The summed E-state index contributed by atoms with van der Waals surface area (Å²) in [5.74, 6) is -0.460. The molecule has 0 aliphatic heterocycles. The van der Waals surface area contributed by atoms with Gasteiger partial charge in [-0.2, -0.15) is 0 Å². The number of carbonyl (C=O) groups is 2. The second kappa shape index (κ2) is 11.5. The Balaban J connectivity index is 1.71. The highest BCUT2D eigenvalue weighted by Gasteiger charge is 2.15. The first-order chi connectivity index (χ1) is 14.8. The van der Waals surface area contributed by atoms with E-state index >= 15 is 0 Å². The zero-order chi connectivity index (χ0) is 23.0. The van der Waals surface area contributed by atoms with E-state index in [-0.39, 0.29) is 34.0 Å². The molecule has 0 fully saturated rings. The minimum absolute atomic E-state index is 0.0797. The van der Waals surface area contributed by atoms with Gasteiger partial charge in [0.25, 0.3) is 11.8 Å². The summed E-state index contributed by atoms with van der Waals surface area (Å²) in [6, 6.07) is 5.54. The second-order valence-corrected chi connectivity index (χ2v) is 7.54. The molecule has 0 aliphatic rings. The summed E-state index contributed by atoms with van der Waals surface area (Å²) in [6.45, 7) is 0.829. The van der Waals surface area contributed by atoms with Gasteiger partial charge >= 0.3 is 0 Å². The maximum atomic E-state index is 12.2. The standard InChI is InChI=1S/C21H24BBrN2O6/c1-30-18-10-16(26)12(8-14(18)22)20(28)24-6-4-3-5-7-25-21(29)13-9-15(23)19(31-2)11-17(13)27/h8-11,26-27H,3-7H2,1-2H3,(H,24,28)(H,25,29). The van der Waals surface area contributed by atoms with E-state index < -0.39 is 5.91 Å². The van der Waals surface area contributed by atoms with Crippen LogP contribution in [0.2, 0.25) is 0 Å². The highest BCUT2D eigenvalue weighted by Crippen LogP contribution is 2.32. The van der Waals surface area contributed by atoms with Crippen LogP contribution in [0.3, 0.4) is 0 Å². The van der Waals surface area contributed by atoms with E-state index in [1.54, 1.807) is 0 Å². The van der Waals surface area contributed by atoms with Crippen LogP contribution in [0.4, 0.5) is 0 Å². The van der Waals surface area contributed by atoms with Gasteiger partial charge in [-0.3, -0.25) is 9.59 Å². The first-order valence-electron chi connectivity index (χ1n) is 9.57. The minimum atomic E-state index is -0.430. The topological polar surface area (TPSA) is 117 Å². The molecule has 0 bridgehead atoms. The van der Waals surface area contributed by atoms with Crippen LogP contribution in [0.25, 0.3) is 0 Å². The van der Waals surface area contributed by atoms with Crippen LogP contribution in [0.1, 0.15) is 40.0 Å². The van der Waals surface area contributed by atoms with Crippen LogP contribution in [0.15, 0.2) is 28.7 Å². The van der Waals surface area contributed by atoms with Gasteiger partial charge in [0.05, 0.1) is 29.8 Å². The third kappa shape index (κ3) is 6.55. The van der Waals surface area contributed by atoms with Crippen LogP contribution < -0.4 is 25.6 Å². The van der Waals surface area contributed by atoms with Gasteiger partial charge in [-0.05, 0) is 47.3 Å². The number of rotatable bonds is 10. The van der Waals surface area contributed by atoms with Crippen molar-refractivity contribution in [2.24, 2.45) is 0 Å². The van der Waals surface area contributed by atoms with Gasteiger partial charge in [0.15, 0.2) is 0 Å². The number of amides is 2. The molecule has 164 valence electrons. The molecular formula is C21H24BBrN2O6. The maximum Gasteiger partial charge on any atom is 0.255 e. The highest BCUT2D eigenvalue weighted by atomic mass is 79.9. The third-order valence-corrected chi connectivity index (χ3v) is 5.15. The van der Waals surface area contributed by atoms with E-state index in [4.69, 9.17) is 17.3 Å². The van der Waals surface area contributed by atoms with Crippen molar-refractivity contribution in [3.63, 3.8) is 0 Å². The summed E-state index contributed by atoms with van der Waals surface area (Å²) in [4.78, 5) is 24.4. The molecule has 2 rings (SSSR count). The summed E-state index contributed by atoms with van der Waals surface area (Å²) in [6.07, 6.45) is 2.14.